The lowest BCUT2D eigenvalue weighted by molar-refractivity contribution is -0.122. The minimum Gasteiger partial charge on any atom is -0.384 e. The van der Waals surface area contributed by atoms with Gasteiger partial charge in [0.2, 0.25) is 0 Å². The van der Waals surface area contributed by atoms with Gasteiger partial charge in [0.1, 0.15) is 0 Å². The fourth-order valence-electron chi connectivity index (χ4n) is 4.00. The monoisotopic (exact) mass is 529 g/mol. The van der Waals surface area contributed by atoms with Crippen LogP contribution in [0.5, 0.6) is 0 Å². The summed E-state index contributed by atoms with van der Waals surface area (Å²) < 4.78 is 0. The average Bonchev–Trinajstić information content (AvgIpc) is 3.19. The predicted octanol–water partition coefficient (Wildman–Crippen LogP) is 6.93. The van der Waals surface area contributed by atoms with Gasteiger partial charge in [-0.2, -0.15) is 0 Å². The molecule has 4 rings (SSSR count). The fraction of sp³-hybridized carbons (Fsp3) is 0.207. The van der Waals surface area contributed by atoms with Crippen LogP contribution in [0.15, 0.2) is 93.3 Å². The highest BCUT2D eigenvalue weighted by molar-refractivity contribution is 8.18. The van der Waals surface area contributed by atoms with Gasteiger partial charge in [-0.05, 0) is 67.9 Å². The number of thioether (sulfide) groups is 1. The third kappa shape index (κ3) is 5.92. The van der Waals surface area contributed by atoms with E-state index in [4.69, 9.17) is 10.4 Å². The van der Waals surface area contributed by atoms with E-state index in [1.54, 1.807) is 11.8 Å². The minimum absolute atomic E-state index is 0.0852. The van der Waals surface area contributed by atoms with E-state index < -0.39 is 0 Å². The zero-order valence-electron chi connectivity index (χ0n) is 21.4. The molecule has 1 amide bonds. The first-order valence-electron chi connectivity index (χ1n) is 12.1. The van der Waals surface area contributed by atoms with Gasteiger partial charge >= 0.3 is 0 Å². The summed E-state index contributed by atoms with van der Waals surface area (Å²) in [6.07, 6.45) is 0. The van der Waals surface area contributed by atoms with E-state index in [0.29, 0.717) is 28.0 Å². The molecule has 0 radical (unpaired) electrons. The van der Waals surface area contributed by atoms with Crippen LogP contribution in [0, 0.1) is 5.41 Å². The van der Waals surface area contributed by atoms with Crippen LogP contribution in [0.2, 0.25) is 0 Å². The lowest BCUT2D eigenvalue weighted by atomic mass is 10.1. The zero-order valence-corrected chi connectivity index (χ0v) is 23.2. The highest BCUT2D eigenvalue weighted by atomic mass is 32.2. The molecular formula is C29H31N5OS2. The number of amides is 1. The molecule has 2 N–H and O–H groups in total. The van der Waals surface area contributed by atoms with Crippen molar-refractivity contribution < 1.29 is 4.79 Å². The van der Waals surface area contributed by atoms with E-state index in [1.165, 1.54) is 11.8 Å². The topological polar surface area (TPSA) is 71.8 Å². The number of rotatable bonds is 8. The van der Waals surface area contributed by atoms with Gasteiger partial charge in [-0.15, -0.1) is 12.6 Å². The third-order valence-electron chi connectivity index (χ3n) is 6.14. The fourth-order valence-corrected chi connectivity index (χ4v) is 5.37. The number of amidine groups is 1. The van der Waals surface area contributed by atoms with Gasteiger partial charge in [0.15, 0.2) is 5.17 Å². The summed E-state index contributed by atoms with van der Waals surface area (Å²) in [6.45, 7) is 6.89. The van der Waals surface area contributed by atoms with Crippen LogP contribution in [0.1, 0.15) is 31.9 Å². The molecule has 0 atom stereocenters. The van der Waals surface area contributed by atoms with Crippen LogP contribution >= 0.6 is 24.4 Å². The van der Waals surface area contributed by atoms with E-state index in [2.05, 4.69) is 17.9 Å². The van der Waals surface area contributed by atoms with E-state index in [9.17, 15) is 4.79 Å². The summed E-state index contributed by atoms with van der Waals surface area (Å²) in [5, 5.41) is 12.0. The molecule has 0 saturated carbocycles. The molecule has 1 aliphatic heterocycles. The molecule has 0 spiro atoms. The molecule has 1 fully saturated rings. The maximum atomic E-state index is 13.8. The van der Waals surface area contributed by atoms with Crippen molar-refractivity contribution >= 4 is 58.2 Å². The number of aliphatic imine (C=N–C) groups is 1. The van der Waals surface area contributed by atoms with Gasteiger partial charge in [0, 0.05) is 29.9 Å². The van der Waals surface area contributed by atoms with E-state index >= 15 is 0 Å². The molecule has 190 valence electrons. The summed E-state index contributed by atoms with van der Waals surface area (Å²) >= 11 is 5.98. The summed E-state index contributed by atoms with van der Waals surface area (Å²) in [5.41, 5.74) is 5.60. The number of carbonyl (C=O) groups is 1. The average molecular weight is 530 g/mol. The highest BCUT2D eigenvalue weighted by Gasteiger charge is 2.36. The molecule has 8 heteroatoms. The van der Waals surface area contributed by atoms with Crippen molar-refractivity contribution in [2.45, 2.75) is 32.2 Å². The molecule has 6 nitrogen and oxygen atoms in total. The Kier molecular flexibility index (Phi) is 8.41. The van der Waals surface area contributed by atoms with Gasteiger partial charge in [0.05, 0.1) is 28.5 Å². The molecule has 37 heavy (non-hydrogen) atoms. The summed E-state index contributed by atoms with van der Waals surface area (Å²) in [6, 6.07) is 23.5. The lowest BCUT2D eigenvalue weighted by Crippen LogP contribution is -2.29. The zero-order chi connectivity index (χ0) is 26.5. The first kappa shape index (κ1) is 26.6. The number of para-hydroxylation sites is 1. The van der Waals surface area contributed by atoms with Crippen molar-refractivity contribution in [3.63, 3.8) is 0 Å². The molecular weight excluding hydrogens is 498 g/mol. The highest BCUT2D eigenvalue weighted by Crippen LogP contribution is 2.39. The molecule has 0 unspecified atom stereocenters. The second kappa shape index (κ2) is 11.7. The van der Waals surface area contributed by atoms with Crippen LogP contribution in [-0.2, 0) is 11.3 Å². The molecule has 1 aliphatic rings. The number of allylic oxidation sites excluding steroid dienone is 1. The second-order valence-corrected chi connectivity index (χ2v) is 10.2. The quantitative estimate of drug-likeness (QED) is 0.168. The van der Waals surface area contributed by atoms with E-state index in [0.717, 1.165) is 39.6 Å². The lowest BCUT2D eigenvalue weighted by Gasteiger charge is -2.22. The van der Waals surface area contributed by atoms with Gasteiger partial charge in [-0.1, -0.05) is 48.5 Å². The number of hydrogen-bond donors (Lipinski definition) is 3. The maximum Gasteiger partial charge on any atom is 0.268 e. The Bertz CT molecular complexity index is 1380. The van der Waals surface area contributed by atoms with Crippen LogP contribution in [0.3, 0.4) is 0 Å². The Morgan fingerprint density at radius 1 is 1.08 bits per heavy atom. The molecule has 0 aliphatic carbocycles. The van der Waals surface area contributed by atoms with Crippen molar-refractivity contribution in [3.8, 4) is 0 Å². The Morgan fingerprint density at radius 2 is 1.78 bits per heavy atom. The number of thiol groups is 1. The number of nitrogens with zero attached hydrogens (tertiary/aromatic N) is 3. The van der Waals surface area contributed by atoms with Crippen LogP contribution in [0.4, 0.5) is 17.1 Å². The molecule has 3 aromatic rings. The predicted molar refractivity (Wildman–Crippen MR) is 160 cm³/mol. The van der Waals surface area contributed by atoms with Crippen LogP contribution in [-0.4, -0.2) is 35.3 Å². The van der Waals surface area contributed by atoms with Crippen molar-refractivity contribution in [2.24, 2.45) is 4.99 Å². The Balaban J connectivity index is 1.81. The number of carbonyl (C=O) groups excluding carboxylic acids is 1. The van der Waals surface area contributed by atoms with Gasteiger partial charge in [-0.25, -0.2) is 4.99 Å². The SMILES string of the molecule is CCNc1ccc(C(C)=N)cc1N=C1S/C(=C(\C)N(C)c2ccccc2S)C(=O)N1Cc1ccccc1. The maximum absolute atomic E-state index is 13.8. The van der Waals surface area contributed by atoms with Crippen molar-refractivity contribution in [1.29, 1.82) is 5.41 Å². The first-order chi connectivity index (χ1) is 17.8. The van der Waals surface area contributed by atoms with E-state index in [1.807, 2.05) is 98.6 Å². The normalized spacial score (nSPS) is 15.8. The standard InChI is InChI=1S/C29H31N5OS2/c1-5-31-23-16-15-22(19(2)30)17-24(23)32-29-34(18-21-11-7-6-8-12-21)28(35)27(37-29)20(3)33(4)25-13-9-10-14-26(25)36/h6-17,30-31,36H,5,18H2,1-4H3/b27-20+,30-19?,32-29?. The third-order valence-corrected chi connectivity index (χ3v) is 7.68. The molecule has 0 aromatic heterocycles. The van der Waals surface area contributed by atoms with Crippen molar-refractivity contribution in [2.75, 3.05) is 23.8 Å². The molecule has 0 bridgehead atoms. The first-order valence-corrected chi connectivity index (χ1v) is 13.3. The van der Waals surface area contributed by atoms with Gasteiger partial charge in [-0.3, -0.25) is 9.69 Å². The minimum atomic E-state index is -0.0852. The smallest absolute Gasteiger partial charge is 0.268 e. The van der Waals surface area contributed by atoms with Gasteiger partial charge in [0.25, 0.3) is 5.91 Å². The largest absolute Gasteiger partial charge is 0.384 e. The number of hydrogen-bond acceptors (Lipinski definition) is 7. The van der Waals surface area contributed by atoms with Crippen molar-refractivity contribution in [1.82, 2.24) is 4.90 Å². The van der Waals surface area contributed by atoms with Gasteiger partial charge < -0.3 is 15.6 Å². The summed E-state index contributed by atoms with van der Waals surface area (Å²) in [4.78, 5) is 24.0. The second-order valence-electron chi connectivity index (χ2n) is 8.72. The van der Waals surface area contributed by atoms with Crippen LogP contribution < -0.4 is 10.2 Å². The summed E-state index contributed by atoms with van der Waals surface area (Å²) in [5.74, 6) is -0.0852. The Labute approximate surface area is 228 Å². The number of nitrogens with one attached hydrogen (secondary N) is 2. The van der Waals surface area contributed by atoms with Crippen molar-refractivity contribution in [3.05, 3.63) is 94.5 Å². The Morgan fingerprint density at radius 3 is 2.46 bits per heavy atom. The molecule has 1 saturated heterocycles. The summed E-state index contributed by atoms with van der Waals surface area (Å²) in [7, 11) is 1.95. The van der Waals surface area contributed by atoms with Crippen LogP contribution in [0.25, 0.3) is 0 Å². The number of anilines is 2. The van der Waals surface area contributed by atoms with E-state index in [-0.39, 0.29) is 5.91 Å². The molecule has 3 aromatic carbocycles. The Hall–Kier alpha value is -3.49. The number of benzene rings is 3. The molecule has 1 heterocycles.